The number of benzene rings is 2. The Morgan fingerprint density at radius 2 is 1.47 bits per heavy atom. The Morgan fingerprint density at radius 3 is 2.20 bits per heavy atom. The molecule has 0 aromatic heterocycles. The Hall–Kier alpha value is -1.56. The molecule has 162 valence electrons. The smallest absolute Gasteiger partial charge is 0.0181 e. The van der Waals surface area contributed by atoms with Crippen molar-refractivity contribution < 1.29 is 0 Å². The largest absolute Gasteiger partial charge is 0.0654 e. The van der Waals surface area contributed by atoms with Gasteiger partial charge in [0.15, 0.2) is 0 Å². The van der Waals surface area contributed by atoms with E-state index in [2.05, 4.69) is 56.3 Å². The molecule has 0 N–H and O–H groups in total. The Bertz CT molecular complexity index is 776. The first kappa shape index (κ1) is 21.7. The summed E-state index contributed by atoms with van der Waals surface area (Å²) >= 11 is 0. The molecule has 1 atom stereocenters. The Balaban J connectivity index is 1.34. The highest BCUT2D eigenvalue weighted by Crippen LogP contribution is 2.41. The van der Waals surface area contributed by atoms with Gasteiger partial charge in [-0.25, -0.2) is 0 Å². The molecule has 0 bridgehead atoms. The van der Waals surface area contributed by atoms with Crippen molar-refractivity contribution in [3.63, 3.8) is 0 Å². The molecule has 0 nitrogen and oxygen atoms in total. The van der Waals surface area contributed by atoms with E-state index in [9.17, 15) is 0 Å². The number of fused-ring (bicyclic) bond motifs is 1. The average molecular weight is 403 g/mol. The summed E-state index contributed by atoms with van der Waals surface area (Å²) in [5.74, 6) is 2.97. The predicted octanol–water partition coefficient (Wildman–Crippen LogP) is 8.80. The lowest BCUT2D eigenvalue weighted by atomic mass is 9.69. The van der Waals surface area contributed by atoms with Crippen LogP contribution in [0.25, 0.3) is 11.1 Å². The minimum Gasteiger partial charge on any atom is -0.0654 e. The van der Waals surface area contributed by atoms with Crippen molar-refractivity contribution in [1.29, 1.82) is 0 Å². The summed E-state index contributed by atoms with van der Waals surface area (Å²) < 4.78 is 0. The number of hydrogen-bond acceptors (Lipinski definition) is 0. The molecule has 2 aromatic carbocycles. The van der Waals surface area contributed by atoms with Gasteiger partial charge in [-0.3, -0.25) is 0 Å². The number of rotatable bonds is 8. The van der Waals surface area contributed by atoms with Crippen LogP contribution in [-0.4, -0.2) is 0 Å². The summed E-state index contributed by atoms with van der Waals surface area (Å²) in [5, 5.41) is 0. The van der Waals surface area contributed by atoms with Crippen LogP contribution in [0.15, 0.2) is 42.5 Å². The molecule has 2 aliphatic rings. The van der Waals surface area contributed by atoms with Gasteiger partial charge in [0.25, 0.3) is 0 Å². The van der Waals surface area contributed by atoms with E-state index in [1.807, 2.05) is 0 Å². The zero-order valence-corrected chi connectivity index (χ0v) is 19.5. The first-order chi connectivity index (χ1) is 14.8. The molecule has 2 aromatic rings. The van der Waals surface area contributed by atoms with Crippen molar-refractivity contribution in [2.75, 3.05) is 0 Å². The lowest BCUT2D eigenvalue weighted by molar-refractivity contribution is 0.183. The third-order valence-electron chi connectivity index (χ3n) is 8.07. The van der Waals surface area contributed by atoms with Crippen molar-refractivity contribution >= 4 is 0 Å². The molecule has 1 unspecified atom stereocenters. The summed E-state index contributed by atoms with van der Waals surface area (Å²) in [6.07, 6.45) is 18.2. The van der Waals surface area contributed by atoms with Crippen LogP contribution in [0.4, 0.5) is 0 Å². The minimum absolute atomic E-state index is 0.938. The Kier molecular flexibility index (Phi) is 7.69. The molecule has 0 heteroatoms. The van der Waals surface area contributed by atoms with Gasteiger partial charge < -0.3 is 0 Å². The molecule has 0 saturated heterocycles. The van der Waals surface area contributed by atoms with Crippen LogP contribution in [0.1, 0.15) is 94.7 Å². The van der Waals surface area contributed by atoms with E-state index < -0.39 is 0 Å². The second-order valence-corrected chi connectivity index (χ2v) is 10.2. The molecule has 0 spiro atoms. The maximum absolute atomic E-state index is 2.49. The number of aryl methyl sites for hydroxylation is 2. The van der Waals surface area contributed by atoms with Gasteiger partial charge in [0.05, 0.1) is 0 Å². The molecule has 30 heavy (non-hydrogen) atoms. The summed E-state index contributed by atoms with van der Waals surface area (Å²) in [5.41, 5.74) is 7.50. The maximum Gasteiger partial charge on any atom is -0.0181 e. The van der Waals surface area contributed by atoms with Crippen LogP contribution in [-0.2, 0) is 19.3 Å². The van der Waals surface area contributed by atoms with Gasteiger partial charge in [0.1, 0.15) is 0 Å². The van der Waals surface area contributed by atoms with Gasteiger partial charge in [-0.15, -0.1) is 0 Å². The fraction of sp³-hybridized carbons (Fsp3) is 0.600. The van der Waals surface area contributed by atoms with Gasteiger partial charge >= 0.3 is 0 Å². The molecule has 0 amide bonds. The second-order valence-electron chi connectivity index (χ2n) is 10.2. The summed E-state index contributed by atoms with van der Waals surface area (Å²) in [6, 6.07) is 16.6. The third-order valence-corrected chi connectivity index (χ3v) is 8.07. The van der Waals surface area contributed by atoms with Crippen LogP contribution in [0.3, 0.4) is 0 Å². The van der Waals surface area contributed by atoms with E-state index >= 15 is 0 Å². The number of hydrogen-bond donors (Lipinski definition) is 0. The van der Waals surface area contributed by atoms with Crippen LogP contribution in [0.2, 0.25) is 0 Å². The van der Waals surface area contributed by atoms with E-state index in [1.165, 1.54) is 100 Å². The first-order valence-corrected chi connectivity index (χ1v) is 13.0. The topological polar surface area (TPSA) is 0 Å². The van der Waals surface area contributed by atoms with Crippen molar-refractivity contribution in [3.05, 3.63) is 59.2 Å². The SMILES string of the molecule is CCCCCC1CCC(C2CCc3cc(-c4ccc(CCC)cc4)ccc3C2)CC1. The van der Waals surface area contributed by atoms with Crippen LogP contribution in [0.5, 0.6) is 0 Å². The highest BCUT2D eigenvalue weighted by atomic mass is 14.3. The molecule has 1 fully saturated rings. The highest BCUT2D eigenvalue weighted by molar-refractivity contribution is 5.65. The fourth-order valence-corrected chi connectivity index (χ4v) is 6.15. The standard InChI is InChI=1S/C30H42/c1-3-5-6-8-24-11-15-26(16-12-24)28-18-20-29-21-27(17-19-30(29)22-28)25-13-9-23(7-4-2)10-14-25/h9-10,13-14,17,19,21,24,26,28H,3-8,11-12,15-16,18,20,22H2,1-2H3. The predicted molar refractivity (Wildman–Crippen MR) is 131 cm³/mol. The number of unbranched alkanes of at least 4 members (excludes halogenated alkanes) is 2. The van der Waals surface area contributed by atoms with Gasteiger partial charge in [-0.1, -0.05) is 101 Å². The van der Waals surface area contributed by atoms with E-state index in [0.717, 1.165) is 17.8 Å². The molecule has 1 saturated carbocycles. The van der Waals surface area contributed by atoms with Crippen molar-refractivity contribution in [3.8, 4) is 11.1 Å². The highest BCUT2D eigenvalue weighted by Gasteiger charge is 2.30. The van der Waals surface area contributed by atoms with Gasteiger partial charge in [-0.05, 0) is 84.1 Å². The van der Waals surface area contributed by atoms with Gasteiger partial charge in [0, 0.05) is 0 Å². The molecule has 0 radical (unpaired) electrons. The quantitative estimate of drug-likeness (QED) is 0.387. The maximum atomic E-state index is 2.49. The Labute approximate surface area is 185 Å². The lowest BCUT2D eigenvalue weighted by Gasteiger charge is -2.36. The average Bonchev–Trinajstić information content (AvgIpc) is 2.80. The first-order valence-electron chi connectivity index (χ1n) is 13.0. The van der Waals surface area contributed by atoms with Crippen LogP contribution < -0.4 is 0 Å². The molecular formula is C30H42. The minimum atomic E-state index is 0.938. The molecule has 0 aliphatic heterocycles. The monoisotopic (exact) mass is 402 g/mol. The van der Waals surface area contributed by atoms with E-state index in [-0.39, 0.29) is 0 Å². The molecular weight excluding hydrogens is 360 g/mol. The van der Waals surface area contributed by atoms with Crippen molar-refractivity contribution in [2.24, 2.45) is 17.8 Å². The summed E-state index contributed by atoms with van der Waals surface area (Å²) in [6.45, 7) is 4.58. The van der Waals surface area contributed by atoms with E-state index in [1.54, 1.807) is 11.1 Å². The fourth-order valence-electron chi connectivity index (χ4n) is 6.15. The van der Waals surface area contributed by atoms with E-state index in [0.29, 0.717) is 0 Å². The van der Waals surface area contributed by atoms with E-state index in [4.69, 9.17) is 0 Å². The second kappa shape index (κ2) is 10.7. The molecule has 4 rings (SSSR count). The lowest BCUT2D eigenvalue weighted by Crippen LogP contribution is -2.26. The Morgan fingerprint density at radius 1 is 0.700 bits per heavy atom. The molecule has 0 heterocycles. The summed E-state index contributed by atoms with van der Waals surface area (Å²) in [7, 11) is 0. The van der Waals surface area contributed by atoms with Crippen LogP contribution in [0, 0.1) is 17.8 Å². The van der Waals surface area contributed by atoms with Crippen molar-refractivity contribution in [2.45, 2.75) is 97.3 Å². The zero-order valence-electron chi connectivity index (χ0n) is 19.5. The van der Waals surface area contributed by atoms with Gasteiger partial charge in [-0.2, -0.15) is 0 Å². The van der Waals surface area contributed by atoms with Crippen molar-refractivity contribution in [1.82, 2.24) is 0 Å². The molecule has 2 aliphatic carbocycles. The summed E-state index contributed by atoms with van der Waals surface area (Å²) in [4.78, 5) is 0. The normalized spacial score (nSPS) is 23.9. The van der Waals surface area contributed by atoms with Crippen LogP contribution >= 0.6 is 0 Å². The van der Waals surface area contributed by atoms with Gasteiger partial charge in [0.2, 0.25) is 0 Å². The zero-order chi connectivity index (χ0) is 20.8. The third kappa shape index (κ3) is 5.37.